The third kappa shape index (κ3) is 13.0. The van der Waals surface area contributed by atoms with E-state index < -0.39 is 65.5 Å². The molecule has 0 rings (SSSR count). The molecule has 0 unspecified atom stereocenters. The second-order valence-corrected chi connectivity index (χ2v) is 9.30. The Balaban J connectivity index is 5.08. The molecule has 0 heterocycles. The number of nitrogens with two attached hydrogens (primary N) is 1. The lowest BCUT2D eigenvalue weighted by Crippen LogP contribution is -2.56. The summed E-state index contributed by atoms with van der Waals surface area (Å²) in [5.41, 5.74) is 5.29. The summed E-state index contributed by atoms with van der Waals surface area (Å²) in [5, 5.41) is 18.1. The highest BCUT2D eigenvalue weighted by Crippen LogP contribution is 2.10. The topological polar surface area (TPSA) is 206 Å². The number of aliphatic hydroxyl groups is 1. The summed E-state index contributed by atoms with van der Waals surface area (Å²) in [4.78, 5) is 71.9. The van der Waals surface area contributed by atoms with Gasteiger partial charge in [0.05, 0.1) is 13.7 Å². The number of hydrogen-bond donors (Lipinski definition) is 7. The number of hydrogen-bond acceptors (Lipinski definition) is 9. The van der Waals surface area contributed by atoms with Gasteiger partial charge in [-0.25, -0.2) is 0 Å². The Morgan fingerprint density at radius 1 is 0.829 bits per heavy atom. The van der Waals surface area contributed by atoms with Gasteiger partial charge in [0.1, 0.15) is 23.9 Å². The maximum absolute atomic E-state index is 12.5. The number of aliphatic hydroxyl groups excluding tert-OH is 1. The molecule has 13 nitrogen and oxygen atoms in total. The number of methoxy groups -OCH3 is 1. The molecule has 7 N–H and O–H groups in total. The summed E-state index contributed by atoms with van der Waals surface area (Å²) >= 11 is 3.99. The Morgan fingerprint density at radius 2 is 1.34 bits per heavy atom. The summed E-state index contributed by atoms with van der Waals surface area (Å²) in [5.74, 6) is -4.75. The second-order valence-electron chi connectivity index (χ2n) is 8.74. The lowest BCUT2D eigenvalue weighted by molar-refractivity contribution is -0.141. The molecular weight excluding hydrogens is 482 g/mol. The van der Waals surface area contributed by atoms with Crippen LogP contribution in [0.15, 0.2) is 0 Å². The molecule has 0 aromatic carbocycles. The highest BCUT2D eigenvalue weighted by Gasteiger charge is 2.34. The summed E-state index contributed by atoms with van der Waals surface area (Å²) < 4.78 is 4.39. The number of amides is 5. The van der Waals surface area contributed by atoms with Gasteiger partial charge < -0.3 is 36.8 Å². The normalized spacial score (nSPS) is 14.3. The molecule has 200 valence electrons. The van der Waals surface area contributed by atoms with E-state index >= 15 is 0 Å². The van der Waals surface area contributed by atoms with Gasteiger partial charge in [0.2, 0.25) is 23.6 Å². The lowest BCUT2D eigenvalue weighted by atomic mass is 10.0. The average molecular weight is 520 g/mol. The summed E-state index contributed by atoms with van der Waals surface area (Å²) in [6.45, 7) is 6.39. The van der Waals surface area contributed by atoms with Gasteiger partial charge in [-0.3, -0.25) is 28.8 Å². The predicted octanol–water partition coefficient (Wildman–Crippen LogP) is -2.40. The van der Waals surface area contributed by atoms with Crippen molar-refractivity contribution in [3.63, 3.8) is 0 Å². The van der Waals surface area contributed by atoms with E-state index in [4.69, 9.17) is 5.73 Å². The smallest absolute Gasteiger partial charge is 0.325 e. The molecule has 0 saturated heterocycles. The molecular formula is C21H37N5O8S. The molecule has 0 radical (unpaired) electrons. The van der Waals surface area contributed by atoms with Crippen molar-refractivity contribution < 1.29 is 38.6 Å². The van der Waals surface area contributed by atoms with E-state index in [0.29, 0.717) is 0 Å². The monoisotopic (exact) mass is 519 g/mol. The zero-order valence-electron chi connectivity index (χ0n) is 20.6. The van der Waals surface area contributed by atoms with Crippen LogP contribution in [0.2, 0.25) is 0 Å². The second kappa shape index (κ2) is 15.9. The summed E-state index contributed by atoms with van der Waals surface area (Å²) in [6, 6.07) is -2.13. The largest absolute Gasteiger partial charge is 0.468 e. The average Bonchev–Trinajstić information content (AvgIpc) is 2.77. The first-order valence-electron chi connectivity index (χ1n) is 11.1. The van der Waals surface area contributed by atoms with Crippen LogP contribution in [0.4, 0.5) is 0 Å². The lowest BCUT2D eigenvalue weighted by Gasteiger charge is -2.24. The highest BCUT2D eigenvalue weighted by atomic mass is 32.1. The van der Waals surface area contributed by atoms with Gasteiger partial charge in [0, 0.05) is 0 Å². The first kappa shape index (κ1) is 32.1. The Labute approximate surface area is 210 Å². The number of carbonyl (C=O) groups is 6. The van der Waals surface area contributed by atoms with Crippen molar-refractivity contribution in [1.82, 2.24) is 21.3 Å². The molecule has 0 aromatic heterocycles. The van der Waals surface area contributed by atoms with E-state index in [9.17, 15) is 33.9 Å². The molecule has 4 atom stereocenters. The van der Waals surface area contributed by atoms with Crippen molar-refractivity contribution >= 4 is 48.1 Å². The molecule has 0 bridgehead atoms. The zero-order valence-corrected chi connectivity index (χ0v) is 21.5. The SMILES string of the molecule is COC(=O)CNC(=O)CNC(=O)[C@H](CC(C)C)NC(=O)[C@@H](O)[C@@H](S)C(=O)N[C@@H](CC(C)C)C(N)=O. The minimum absolute atomic E-state index is 0.0391. The van der Waals surface area contributed by atoms with Crippen LogP contribution in [-0.4, -0.2) is 84.2 Å². The third-order valence-corrected chi connectivity index (χ3v) is 5.14. The fourth-order valence-corrected chi connectivity index (χ4v) is 3.03. The molecule has 14 heteroatoms. The van der Waals surface area contributed by atoms with E-state index in [1.807, 2.05) is 13.8 Å². The maximum atomic E-state index is 12.5. The molecule has 0 aliphatic carbocycles. The fourth-order valence-electron chi connectivity index (χ4n) is 2.82. The van der Waals surface area contributed by atoms with Crippen LogP contribution in [0.5, 0.6) is 0 Å². The summed E-state index contributed by atoms with van der Waals surface area (Å²) in [6.07, 6.45) is -1.53. The van der Waals surface area contributed by atoms with E-state index in [-0.39, 0.29) is 31.2 Å². The van der Waals surface area contributed by atoms with E-state index in [2.05, 4.69) is 38.6 Å². The van der Waals surface area contributed by atoms with Crippen molar-refractivity contribution in [3.05, 3.63) is 0 Å². The Hall–Kier alpha value is -2.87. The van der Waals surface area contributed by atoms with Crippen LogP contribution in [0.25, 0.3) is 0 Å². The van der Waals surface area contributed by atoms with Crippen molar-refractivity contribution in [2.24, 2.45) is 17.6 Å². The minimum Gasteiger partial charge on any atom is -0.468 e. The van der Waals surface area contributed by atoms with E-state index in [0.717, 1.165) is 7.11 Å². The number of esters is 1. The molecule has 0 aliphatic rings. The van der Waals surface area contributed by atoms with Crippen molar-refractivity contribution in [2.45, 2.75) is 64.0 Å². The van der Waals surface area contributed by atoms with Crippen LogP contribution in [0.1, 0.15) is 40.5 Å². The predicted molar refractivity (Wildman–Crippen MR) is 129 cm³/mol. The number of primary amides is 1. The van der Waals surface area contributed by atoms with Crippen molar-refractivity contribution in [3.8, 4) is 0 Å². The van der Waals surface area contributed by atoms with E-state index in [1.54, 1.807) is 13.8 Å². The van der Waals surface area contributed by atoms with Crippen LogP contribution in [-0.2, 0) is 33.5 Å². The first-order chi connectivity index (χ1) is 16.2. The highest BCUT2D eigenvalue weighted by molar-refractivity contribution is 7.82. The van der Waals surface area contributed by atoms with Gasteiger partial charge in [-0.2, -0.15) is 12.6 Å². The zero-order chi connectivity index (χ0) is 27.3. The van der Waals surface area contributed by atoms with Gasteiger partial charge in [0.15, 0.2) is 6.10 Å². The molecule has 0 fully saturated rings. The standard InChI is InChI=1S/C21H37N5O8S/c1-10(2)6-12(18(22)30)25-21(33)17(35)16(29)20(32)26-13(7-11(3)4)19(31)24-8-14(27)23-9-15(28)34-5/h10-13,16-17,29,35H,6-9H2,1-5H3,(H2,22,30)(H,23,27)(H,24,31)(H,25,33)(H,26,32)/t12-,13-,16-,17+/m0/s1. The Kier molecular flexibility index (Phi) is 14.6. The molecule has 0 saturated carbocycles. The van der Waals surface area contributed by atoms with Crippen LogP contribution in [0.3, 0.4) is 0 Å². The first-order valence-corrected chi connectivity index (χ1v) is 11.6. The molecule has 0 aliphatic heterocycles. The summed E-state index contributed by atoms with van der Waals surface area (Å²) in [7, 11) is 1.16. The number of ether oxygens (including phenoxy) is 1. The molecule has 0 aromatic rings. The van der Waals surface area contributed by atoms with Crippen LogP contribution >= 0.6 is 12.6 Å². The Morgan fingerprint density at radius 3 is 1.83 bits per heavy atom. The third-order valence-electron chi connectivity index (χ3n) is 4.62. The minimum atomic E-state index is -1.95. The Bertz CT molecular complexity index is 777. The van der Waals surface area contributed by atoms with Crippen LogP contribution in [0, 0.1) is 11.8 Å². The van der Waals surface area contributed by atoms with Crippen molar-refractivity contribution in [1.29, 1.82) is 0 Å². The van der Waals surface area contributed by atoms with Gasteiger partial charge in [-0.15, -0.1) is 0 Å². The van der Waals surface area contributed by atoms with Gasteiger partial charge in [-0.05, 0) is 24.7 Å². The van der Waals surface area contributed by atoms with Gasteiger partial charge >= 0.3 is 5.97 Å². The van der Waals surface area contributed by atoms with Gasteiger partial charge in [0.25, 0.3) is 5.91 Å². The molecule has 5 amide bonds. The van der Waals surface area contributed by atoms with Crippen LogP contribution < -0.4 is 27.0 Å². The van der Waals surface area contributed by atoms with Gasteiger partial charge in [-0.1, -0.05) is 27.7 Å². The number of carbonyl (C=O) groups excluding carboxylic acids is 6. The number of thiol groups is 1. The number of rotatable bonds is 15. The quantitative estimate of drug-likeness (QED) is 0.0914. The fraction of sp³-hybridized carbons (Fsp3) is 0.714. The number of nitrogens with one attached hydrogen (secondary N) is 4. The maximum Gasteiger partial charge on any atom is 0.325 e. The van der Waals surface area contributed by atoms with E-state index in [1.165, 1.54) is 0 Å². The molecule has 0 spiro atoms. The molecule has 35 heavy (non-hydrogen) atoms. The van der Waals surface area contributed by atoms with Crippen molar-refractivity contribution in [2.75, 3.05) is 20.2 Å².